The van der Waals surface area contributed by atoms with Crippen LogP contribution in [0.2, 0.25) is 5.02 Å². The first-order valence-corrected chi connectivity index (χ1v) is 13.6. The van der Waals surface area contributed by atoms with E-state index in [1.807, 2.05) is 12.1 Å². The highest BCUT2D eigenvalue weighted by Crippen LogP contribution is 2.29. The maximum atomic E-state index is 11.9. The van der Waals surface area contributed by atoms with E-state index < -0.39 is 12.1 Å². The fraction of sp³-hybridized carbons (Fsp3) is 0.276. The largest absolute Gasteiger partial charge is 0.478 e. The Labute approximate surface area is 226 Å². The van der Waals surface area contributed by atoms with Crippen LogP contribution in [0.4, 0.5) is 0 Å². The molecule has 0 aliphatic carbocycles. The molecular formula is C29H30ClN3O3S. The van der Waals surface area contributed by atoms with E-state index in [2.05, 4.69) is 52.9 Å². The molecule has 6 nitrogen and oxygen atoms in total. The van der Waals surface area contributed by atoms with Gasteiger partial charge in [-0.05, 0) is 42.7 Å². The number of aliphatic carboxylic acids is 1. The van der Waals surface area contributed by atoms with Crippen molar-refractivity contribution in [2.45, 2.75) is 56.7 Å². The summed E-state index contributed by atoms with van der Waals surface area (Å²) in [6.45, 7) is 4.87. The second kappa shape index (κ2) is 12.8. The van der Waals surface area contributed by atoms with Gasteiger partial charge in [0.05, 0.1) is 6.54 Å². The van der Waals surface area contributed by atoms with Crippen LogP contribution in [0.3, 0.4) is 0 Å². The smallest absolute Gasteiger partial charge is 0.349 e. The SMILES string of the molecule is CCCCc1nnc(SCc2ccc(C)cc2)n1Cc1ccc(OC(C(=O)O)c2ccccc2Cl)cc1. The van der Waals surface area contributed by atoms with Crippen molar-refractivity contribution in [3.05, 3.63) is 106 Å². The zero-order valence-corrected chi connectivity index (χ0v) is 22.5. The van der Waals surface area contributed by atoms with Gasteiger partial charge in [0.2, 0.25) is 6.10 Å². The lowest BCUT2D eigenvalue weighted by Crippen LogP contribution is -2.18. The normalized spacial score (nSPS) is 11.9. The molecule has 0 aliphatic rings. The lowest BCUT2D eigenvalue weighted by atomic mass is 10.1. The van der Waals surface area contributed by atoms with Gasteiger partial charge in [0.1, 0.15) is 11.6 Å². The highest BCUT2D eigenvalue weighted by Gasteiger charge is 2.24. The summed E-state index contributed by atoms with van der Waals surface area (Å²) in [5.74, 6) is 1.15. The number of thioether (sulfide) groups is 1. The van der Waals surface area contributed by atoms with Crippen molar-refractivity contribution < 1.29 is 14.6 Å². The first kappa shape index (κ1) is 26.8. The zero-order valence-electron chi connectivity index (χ0n) is 20.9. The molecule has 192 valence electrons. The van der Waals surface area contributed by atoms with Crippen molar-refractivity contribution in [1.82, 2.24) is 14.8 Å². The Kier molecular flexibility index (Phi) is 9.25. The number of nitrogens with zero attached hydrogens (tertiary/aromatic N) is 3. The molecule has 0 saturated carbocycles. The van der Waals surface area contributed by atoms with Crippen molar-refractivity contribution in [3.8, 4) is 5.75 Å². The van der Waals surface area contributed by atoms with Crippen LogP contribution in [0, 0.1) is 6.92 Å². The van der Waals surface area contributed by atoms with Gasteiger partial charge in [-0.15, -0.1) is 10.2 Å². The fourth-order valence-electron chi connectivity index (χ4n) is 3.86. The number of halogens is 1. The summed E-state index contributed by atoms with van der Waals surface area (Å²) in [6.07, 6.45) is 1.81. The van der Waals surface area contributed by atoms with E-state index in [0.29, 0.717) is 22.9 Å². The molecule has 0 amide bonds. The van der Waals surface area contributed by atoms with Gasteiger partial charge in [0.15, 0.2) is 5.16 Å². The third-order valence-corrected chi connectivity index (χ3v) is 7.35. The van der Waals surface area contributed by atoms with E-state index in [4.69, 9.17) is 16.3 Å². The molecule has 37 heavy (non-hydrogen) atoms. The second-order valence-corrected chi connectivity index (χ2v) is 10.2. The molecule has 0 saturated heterocycles. The summed E-state index contributed by atoms with van der Waals surface area (Å²) >= 11 is 7.89. The standard InChI is InChI=1S/C29H30ClN3O3S/c1-3-4-9-26-31-32-29(37-19-22-12-10-20(2)11-13-22)33(26)18-21-14-16-23(17-15-21)36-27(28(34)35)24-7-5-6-8-25(24)30/h5-8,10-17,27H,3-4,9,18-19H2,1-2H3,(H,34,35). The summed E-state index contributed by atoms with van der Waals surface area (Å²) in [6, 6.07) is 22.8. The molecule has 0 fully saturated rings. The number of aromatic nitrogens is 3. The quantitative estimate of drug-likeness (QED) is 0.194. The summed E-state index contributed by atoms with van der Waals surface area (Å²) in [7, 11) is 0. The number of hydrogen-bond donors (Lipinski definition) is 1. The van der Waals surface area contributed by atoms with Crippen LogP contribution in [-0.2, 0) is 23.5 Å². The third-order valence-electron chi connectivity index (χ3n) is 5.97. The second-order valence-electron chi connectivity index (χ2n) is 8.86. The van der Waals surface area contributed by atoms with Gasteiger partial charge in [0.25, 0.3) is 0 Å². The molecule has 0 spiro atoms. The van der Waals surface area contributed by atoms with Crippen LogP contribution in [0.15, 0.2) is 78.0 Å². The van der Waals surface area contributed by atoms with Crippen LogP contribution in [0.5, 0.6) is 5.75 Å². The van der Waals surface area contributed by atoms with Gasteiger partial charge < -0.3 is 14.4 Å². The van der Waals surface area contributed by atoms with E-state index in [9.17, 15) is 9.90 Å². The lowest BCUT2D eigenvalue weighted by molar-refractivity contribution is -0.145. The highest BCUT2D eigenvalue weighted by molar-refractivity contribution is 7.98. The number of hydrogen-bond acceptors (Lipinski definition) is 5. The topological polar surface area (TPSA) is 77.2 Å². The number of carboxylic acid groups (broad SMARTS) is 1. The molecule has 3 aromatic carbocycles. The van der Waals surface area contributed by atoms with Gasteiger partial charge in [-0.2, -0.15) is 0 Å². The van der Waals surface area contributed by atoms with Crippen LogP contribution in [0.25, 0.3) is 0 Å². The first-order valence-electron chi connectivity index (χ1n) is 12.3. The van der Waals surface area contributed by atoms with Crippen LogP contribution >= 0.6 is 23.4 Å². The highest BCUT2D eigenvalue weighted by atomic mass is 35.5. The minimum atomic E-state index is -1.19. The van der Waals surface area contributed by atoms with E-state index >= 15 is 0 Å². The maximum absolute atomic E-state index is 11.9. The van der Waals surface area contributed by atoms with Gasteiger partial charge in [0, 0.05) is 22.8 Å². The van der Waals surface area contributed by atoms with Crippen molar-refractivity contribution in [2.24, 2.45) is 0 Å². The molecule has 4 aromatic rings. The Morgan fingerprint density at radius 1 is 1.03 bits per heavy atom. The molecule has 1 aromatic heterocycles. The Bertz CT molecular complexity index is 1320. The number of carbonyl (C=O) groups is 1. The number of carboxylic acids is 1. The summed E-state index contributed by atoms with van der Waals surface area (Å²) in [4.78, 5) is 11.9. The number of rotatable bonds is 12. The molecule has 1 N–H and O–H groups in total. The molecule has 1 heterocycles. The molecule has 1 atom stereocenters. The fourth-order valence-corrected chi connectivity index (χ4v) is 5.01. The van der Waals surface area contributed by atoms with Gasteiger partial charge in [-0.25, -0.2) is 4.79 Å². The van der Waals surface area contributed by atoms with E-state index in [1.165, 1.54) is 11.1 Å². The molecule has 0 radical (unpaired) electrons. The van der Waals surface area contributed by atoms with Crippen LogP contribution in [-0.4, -0.2) is 25.8 Å². The Balaban J connectivity index is 1.49. The molecular weight excluding hydrogens is 506 g/mol. The molecule has 8 heteroatoms. The molecule has 0 aliphatic heterocycles. The Morgan fingerprint density at radius 3 is 2.41 bits per heavy atom. The number of aryl methyl sites for hydroxylation is 2. The molecule has 4 rings (SSSR count). The first-order chi connectivity index (χ1) is 17.9. The molecule has 1 unspecified atom stereocenters. The monoisotopic (exact) mass is 535 g/mol. The number of benzene rings is 3. The number of unbranched alkanes of at least 4 members (excludes halogenated alkanes) is 1. The average Bonchev–Trinajstić information content (AvgIpc) is 3.28. The minimum Gasteiger partial charge on any atom is -0.478 e. The maximum Gasteiger partial charge on any atom is 0.349 e. The predicted molar refractivity (Wildman–Crippen MR) is 147 cm³/mol. The lowest BCUT2D eigenvalue weighted by Gasteiger charge is -2.17. The van der Waals surface area contributed by atoms with Crippen molar-refractivity contribution in [1.29, 1.82) is 0 Å². The Morgan fingerprint density at radius 2 is 1.73 bits per heavy atom. The third kappa shape index (κ3) is 7.14. The van der Waals surface area contributed by atoms with Crippen LogP contribution < -0.4 is 4.74 Å². The van der Waals surface area contributed by atoms with Crippen molar-refractivity contribution >= 4 is 29.3 Å². The van der Waals surface area contributed by atoms with Crippen molar-refractivity contribution in [3.63, 3.8) is 0 Å². The van der Waals surface area contributed by atoms with E-state index in [-0.39, 0.29) is 0 Å². The van der Waals surface area contributed by atoms with Crippen molar-refractivity contribution in [2.75, 3.05) is 0 Å². The average molecular weight is 536 g/mol. The minimum absolute atomic E-state index is 0.356. The molecule has 0 bridgehead atoms. The van der Waals surface area contributed by atoms with E-state index in [1.54, 1.807) is 48.2 Å². The van der Waals surface area contributed by atoms with Gasteiger partial charge in [-0.1, -0.05) is 96.9 Å². The summed E-state index contributed by atoms with van der Waals surface area (Å²) < 4.78 is 7.98. The predicted octanol–water partition coefficient (Wildman–Crippen LogP) is 7.13. The Hall–Kier alpha value is -3.29. The summed E-state index contributed by atoms with van der Waals surface area (Å²) in [5, 5.41) is 19.9. The summed E-state index contributed by atoms with van der Waals surface area (Å²) in [5.41, 5.74) is 3.95. The van der Waals surface area contributed by atoms with E-state index in [0.717, 1.165) is 41.6 Å². The number of ether oxygens (including phenoxy) is 1. The van der Waals surface area contributed by atoms with Gasteiger partial charge >= 0.3 is 5.97 Å². The zero-order chi connectivity index (χ0) is 26.2. The van der Waals surface area contributed by atoms with Crippen LogP contribution in [0.1, 0.15) is 53.9 Å². The van der Waals surface area contributed by atoms with Gasteiger partial charge in [-0.3, -0.25) is 0 Å².